The summed E-state index contributed by atoms with van der Waals surface area (Å²) in [6.45, 7) is 0. The molecule has 0 heterocycles. The molecule has 0 atom stereocenters. The van der Waals surface area contributed by atoms with Gasteiger partial charge in [0, 0.05) is 0 Å². The largest absolute Gasteiger partial charge is 0.0541 e. The maximum atomic E-state index is 2.36. The van der Waals surface area contributed by atoms with Crippen LogP contribution in [0.15, 0.2) is 45.6 Å². The van der Waals surface area contributed by atoms with Crippen LogP contribution < -0.4 is 0 Å². The van der Waals surface area contributed by atoms with Crippen molar-refractivity contribution in [2.45, 2.75) is 12.8 Å². The molecule has 10 heavy (non-hydrogen) atoms. The van der Waals surface area contributed by atoms with E-state index in [1.165, 1.54) is 18.4 Å². The molecule has 46 valence electrons. The molecule has 6 bridgehead atoms. The van der Waals surface area contributed by atoms with Gasteiger partial charge in [0.15, 0.2) is 0 Å². The Kier molecular flexibility index (Phi) is 0.348. The molecule has 0 nitrogen and oxygen atoms in total. The van der Waals surface area contributed by atoms with Crippen molar-refractivity contribution in [3.8, 4) is 0 Å². The van der Waals surface area contributed by atoms with E-state index in [0.29, 0.717) is 0 Å². The van der Waals surface area contributed by atoms with Crippen molar-refractivity contribution in [3.05, 3.63) is 45.6 Å². The topological polar surface area (TPSA) is 0 Å². The van der Waals surface area contributed by atoms with Crippen LogP contribution >= 0.6 is 0 Å². The summed E-state index contributed by atoms with van der Waals surface area (Å²) in [6, 6.07) is 0. The molecule has 0 aromatic heterocycles. The molecule has 0 unspecified atom stereocenters. The van der Waals surface area contributed by atoms with Crippen LogP contribution in [0.25, 0.3) is 0 Å². The van der Waals surface area contributed by atoms with Gasteiger partial charge in [0.1, 0.15) is 0 Å². The predicted molar refractivity (Wildman–Crippen MR) is 39.5 cm³/mol. The van der Waals surface area contributed by atoms with Crippen molar-refractivity contribution in [2.75, 3.05) is 0 Å². The summed E-state index contributed by atoms with van der Waals surface area (Å²) in [6.07, 6.45) is 7.30. The highest BCUT2D eigenvalue weighted by Gasteiger charge is 2.42. The van der Waals surface area contributed by atoms with Gasteiger partial charge in [-0.3, -0.25) is 0 Å². The Labute approximate surface area is 59.2 Å². The molecule has 0 aliphatic heterocycles. The molecule has 0 radical (unpaired) electrons. The van der Waals surface area contributed by atoms with Crippen LogP contribution in [-0.2, 0) is 0 Å². The van der Waals surface area contributed by atoms with Crippen molar-refractivity contribution in [2.24, 2.45) is 0 Å². The highest BCUT2D eigenvalue weighted by atomic mass is 14.5. The third-order valence-electron chi connectivity index (χ3n) is 3.09. The first-order chi connectivity index (χ1) is 4.93. The smallest absolute Gasteiger partial charge is 0.00455 e. The minimum absolute atomic E-state index is 1.29. The Morgan fingerprint density at radius 2 is 1.50 bits per heavy atom. The van der Waals surface area contributed by atoms with Crippen molar-refractivity contribution in [3.63, 3.8) is 0 Å². The lowest BCUT2D eigenvalue weighted by Crippen LogP contribution is -2.04. The molecule has 0 aromatic carbocycles. The van der Waals surface area contributed by atoms with Gasteiger partial charge in [-0.1, -0.05) is 5.57 Å². The summed E-state index contributed by atoms with van der Waals surface area (Å²) in [5, 5.41) is 0. The lowest BCUT2D eigenvalue weighted by Gasteiger charge is -2.22. The zero-order chi connectivity index (χ0) is 6.29. The first kappa shape index (κ1) is 3.97. The normalized spacial score (nSPS) is 29.6. The zero-order valence-corrected chi connectivity index (χ0v) is 5.57. The Morgan fingerprint density at radius 3 is 2.10 bits per heavy atom. The van der Waals surface area contributed by atoms with E-state index in [2.05, 4.69) is 12.2 Å². The molecule has 0 saturated heterocycles. The summed E-state index contributed by atoms with van der Waals surface area (Å²) in [4.78, 5) is 0. The van der Waals surface area contributed by atoms with Gasteiger partial charge in [0.2, 0.25) is 0 Å². The summed E-state index contributed by atoms with van der Waals surface area (Å²) in [7, 11) is 0. The fourth-order valence-electron chi connectivity index (χ4n) is 2.57. The fourth-order valence-corrected chi connectivity index (χ4v) is 2.57. The molecule has 0 fully saturated rings. The van der Waals surface area contributed by atoms with Gasteiger partial charge in [-0.2, -0.15) is 0 Å². The monoisotopic (exact) mass is 126 g/mol. The first-order valence-corrected chi connectivity index (χ1v) is 3.82. The number of allylic oxidation sites excluding steroid dienone is 8. The fraction of sp³-hybridized carbons (Fsp3) is 0.200. The standard InChI is InChI=1S/C10H6/c1-5-2-8-7(1)9-3-6(5)4-10(8)9/h1-2H,3-4H2. The van der Waals surface area contributed by atoms with E-state index in [4.69, 9.17) is 0 Å². The van der Waals surface area contributed by atoms with E-state index in [1.807, 2.05) is 0 Å². The molecule has 0 N–H and O–H groups in total. The highest BCUT2D eigenvalue weighted by Crippen LogP contribution is 2.59. The molecule has 5 aliphatic rings. The molecule has 5 aliphatic carbocycles. The Hall–Kier alpha value is -1.04. The summed E-state index contributed by atoms with van der Waals surface area (Å²) in [5.41, 5.74) is 9.70. The van der Waals surface area contributed by atoms with Gasteiger partial charge < -0.3 is 0 Å². The molecule has 0 saturated carbocycles. The molecule has 0 heteroatoms. The van der Waals surface area contributed by atoms with E-state index < -0.39 is 0 Å². The SMILES string of the molecule is C1=C2C3=CC1=C1CC2=C3C1. The van der Waals surface area contributed by atoms with Crippen molar-refractivity contribution >= 4 is 0 Å². The van der Waals surface area contributed by atoms with Crippen molar-refractivity contribution < 1.29 is 0 Å². The number of rotatable bonds is 0. The van der Waals surface area contributed by atoms with Crippen LogP contribution in [0.4, 0.5) is 0 Å². The summed E-state index contributed by atoms with van der Waals surface area (Å²) in [5.74, 6) is 0. The highest BCUT2D eigenvalue weighted by molar-refractivity contribution is 5.84. The number of hydrogen-bond donors (Lipinski definition) is 0. The molecule has 0 amide bonds. The maximum absolute atomic E-state index is 2.36. The van der Waals surface area contributed by atoms with Gasteiger partial charge in [-0.15, -0.1) is 0 Å². The first-order valence-electron chi connectivity index (χ1n) is 3.82. The lowest BCUT2D eigenvalue weighted by molar-refractivity contribution is 1.13. The minimum atomic E-state index is 1.29. The van der Waals surface area contributed by atoms with E-state index in [0.717, 1.165) is 0 Å². The Morgan fingerprint density at radius 1 is 0.900 bits per heavy atom. The van der Waals surface area contributed by atoms with E-state index >= 15 is 0 Å². The average Bonchev–Trinajstić information content (AvgIpc) is 2.28. The van der Waals surface area contributed by atoms with Crippen LogP contribution in [0.1, 0.15) is 12.8 Å². The number of hydrogen-bond acceptors (Lipinski definition) is 0. The minimum Gasteiger partial charge on any atom is -0.0541 e. The van der Waals surface area contributed by atoms with Gasteiger partial charge in [-0.05, 0) is 52.9 Å². The van der Waals surface area contributed by atoms with E-state index in [1.54, 1.807) is 27.9 Å². The van der Waals surface area contributed by atoms with Crippen LogP contribution in [0, 0.1) is 0 Å². The van der Waals surface area contributed by atoms with Gasteiger partial charge in [0.25, 0.3) is 0 Å². The second-order valence-corrected chi connectivity index (χ2v) is 3.49. The van der Waals surface area contributed by atoms with Crippen LogP contribution in [0.3, 0.4) is 0 Å². The molecular formula is C10H6. The third-order valence-corrected chi connectivity index (χ3v) is 3.09. The molecule has 5 rings (SSSR count). The second-order valence-electron chi connectivity index (χ2n) is 3.49. The van der Waals surface area contributed by atoms with E-state index in [9.17, 15) is 0 Å². The van der Waals surface area contributed by atoms with Gasteiger partial charge in [0.05, 0.1) is 0 Å². The second kappa shape index (κ2) is 0.878. The Bertz CT molecular complexity index is 343. The molecule has 0 spiro atoms. The van der Waals surface area contributed by atoms with Crippen LogP contribution in [0.5, 0.6) is 0 Å². The predicted octanol–water partition coefficient (Wildman–Crippen LogP) is 2.27. The van der Waals surface area contributed by atoms with Gasteiger partial charge in [-0.25, -0.2) is 0 Å². The van der Waals surface area contributed by atoms with Crippen molar-refractivity contribution in [1.82, 2.24) is 0 Å². The zero-order valence-electron chi connectivity index (χ0n) is 5.57. The Balaban J connectivity index is 2.39. The van der Waals surface area contributed by atoms with Crippen LogP contribution in [-0.4, -0.2) is 0 Å². The van der Waals surface area contributed by atoms with E-state index in [-0.39, 0.29) is 0 Å². The molecular weight excluding hydrogens is 120 g/mol. The summed E-state index contributed by atoms with van der Waals surface area (Å²) >= 11 is 0. The van der Waals surface area contributed by atoms with Crippen LogP contribution in [0.2, 0.25) is 0 Å². The quantitative estimate of drug-likeness (QED) is 0.467. The summed E-state index contributed by atoms with van der Waals surface area (Å²) < 4.78 is 0. The lowest BCUT2D eigenvalue weighted by atomic mass is 9.82. The van der Waals surface area contributed by atoms with Gasteiger partial charge >= 0.3 is 0 Å². The third kappa shape index (κ3) is 0.202. The maximum Gasteiger partial charge on any atom is -0.00455 e. The van der Waals surface area contributed by atoms with Crippen molar-refractivity contribution in [1.29, 1.82) is 0 Å². The molecule has 0 aromatic rings. The average molecular weight is 126 g/mol.